The Kier molecular flexibility index (Phi) is 4.26. The maximum Gasteiger partial charge on any atom is 0.223 e. The summed E-state index contributed by atoms with van der Waals surface area (Å²) in [6.07, 6.45) is 3.57. The number of nitrogen functional groups attached to an aromatic ring is 1. The molecule has 3 rings (SSSR count). The molecule has 0 aliphatic carbocycles. The lowest BCUT2D eigenvalue weighted by Gasteiger charge is -2.23. The lowest BCUT2D eigenvalue weighted by Crippen LogP contribution is -2.34. The predicted molar refractivity (Wildman–Crippen MR) is 90.0 cm³/mol. The van der Waals surface area contributed by atoms with Crippen molar-refractivity contribution in [3.63, 3.8) is 0 Å². The first-order valence-corrected chi connectivity index (χ1v) is 8.56. The quantitative estimate of drug-likeness (QED) is 0.889. The van der Waals surface area contributed by atoms with Crippen molar-refractivity contribution in [2.24, 2.45) is 0 Å². The van der Waals surface area contributed by atoms with Crippen molar-refractivity contribution in [3.8, 4) is 0 Å². The number of fused-ring (bicyclic) bond motifs is 1. The van der Waals surface area contributed by atoms with Gasteiger partial charge in [0.1, 0.15) is 10.6 Å². The zero-order valence-corrected chi connectivity index (χ0v) is 13.5. The van der Waals surface area contributed by atoms with Crippen molar-refractivity contribution in [2.45, 2.75) is 39.2 Å². The molecule has 0 saturated carbocycles. The Morgan fingerprint density at radius 2 is 2.29 bits per heavy atom. The first kappa shape index (κ1) is 14.5. The van der Waals surface area contributed by atoms with Gasteiger partial charge >= 0.3 is 0 Å². The molecule has 6 heteroatoms. The number of hydrogen-bond acceptors (Lipinski definition) is 6. The molecule has 1 unspecified atom stereocenters. The van der Waals surface area contributed by atoms with Crippen LogP contribution in [0.4, 0.5) is 11.8 Å². The number of aromatic nitrogens is 2. The van der Waals surface area contributed by atoms with Crippen molar-refractivity contribution in [3.05, 3.63) is 10.9 Å². The van der Waals surface area contributed by atoms with Crippen LogP contribution in [0.15, 0.2) is 6.07 Å². The van der Waals surface area contributed by atoms with Gasteiger partial charge in [-0.1, -0.05) is 13.8 Å². The summed E-state index contributed by atoms with van der Waals surface area (Å²) in [5.74, 6) is 1.24. The van der Waals surface area contributed by atoms with E-state index in [9.17, 15) is 0 Å². The summed E-state index contributed by atoms with van der Waals surface area (Å²) in [5.41, 5.74) is 5.85. The van der Waals surface area contributed by atoms with Crippen LogP contribution in [0.3, 0.4) is 0 Å². The van der Waals surface area contributed by atoms with Gasteiger partial charge in [0.2, 0.25) is 5.95 Å². The highest BCUT2D eigenvalue weighted by Crippen LogP contribution is 2.30. The van der Waals surface area contributed by atoms with E-state index in [1.54, 1.807) is 11.3 Å². The minimum Gasteiger partial charge on any atom is -0.368 e. The summed E-state index contributed by atoms with van der Waals surface area (Å²) in [4.78, 5) is 13.6. The molecule has 1 atom stereocenters. The zero-order valence-electron chi connectivity index (χ0n) is 12.7. The maximum absolute atomic E-state index is 5.85. The third kappa shape index (κ3) is 2.96. The fraction of sp³-hybridized carbons (Fsp3) is 0.600. The van der Waals surface area contributed by atoms with Gasteiger partial charge in [0.15, 0.2) is 0 Å². The van der Waals surface area contributed by atoms with Crippen molar-refractivity contribution in [1.82, 2.24) is 14.9 Å². The minimum atomic E-state index is 0.355. The Morgan fingerprint density at radius 1 is 1.43 bits per heavy atom. The van der Waals surface area contributed by atoms with Crippen LogP contribution in [0.1, 0.15) is 31.6 Å². The summed E-state index contributed by atoms with van der Waals surface area (Å²) in [6, 6.07) is 2.79. The highest BCUT2D eigenvalue weighted by molar-refractivity contribution is 7.18. The van der Waals surface area contributed by atoms with Crippen LogP contribution in [-0.2, 0) is 6.42 Å². The third-order valence-corrected chi connectivity index (χ3v) is 5.39. The van der Waals surface area contributed by atoms with Crippen molar-refractivity contribution < 1.29 is 0 Å². The van der Waals surface area contributed by atoms with Crippen LogP contribution >= 0.6 is 11.3 Å². The summed E-state index contributed by atoms with van der Waals surface area (Å²) < 4.78 is 0. The molecular formula is C15H23N5S. The fourth-order valence-corrected chi connectivity index (χ4v) is 4.03. The van der Waals surface area contributed by atoms with Crippen molar-refractivity contribution in [1.29, 1.82) is 0 Å². The molecule has 1 aliphatic rings. The average molecular weight is 305 g/mol. The molecule has 3 N–H and O–H groups in total. The summed E-state index contributed by atoms with van der Waals surface area (Å²) >= 11 is 1.71. The van der Waals surface area contributed by atoms with E-state index in [4.69, 9.17) is 5.73 Å². The number of nitrogens with zero attached hydrogens (tertiary/aromatic N) is 3. The zero-order chi connectivity index (χ0) is 14.8. The Balaban J connectivity index is 1.81. The van der Waals surface area contributed by atoms with Crippen LogP contribution in [0.25, 0.3) is 10.2 Å². The van der Waals surface area contributed by atoms with Gasteiger partial charge in [0.25, 0.3) is 0 Å². The molecule has 0 aromatic carbocycles. The summed E-state index contributed by atoms with van der Waals surface area (Å²) in [7, 11) is 0. The van der Waals surface area contributed by atoms with Gasteiger partial charge in [-0.05, 0) is 38.4 Å². The van der Waals surface area contributed by atoms with Crippen LogP contribution in [0.2, 0.25) is 0 Å². The monoisotopic (exact) mass is 305 g/mol. The molecule has 1 fully saturated rings. The molecule has 1 saturated heterocycles. The summed E-state index contributed by atoms with van der Waals surface area (Å²) in [5, 5.41) is 4.61. The molecule has 0 radical (unpaired) electrons. The van der Waals surface area contributed by atoms with E-state index in [1.165, 1.54) is 24.3 Å². The molecule has 0 bridgehead atoms. The van der Waals surface area contributed by atoms with Crippen molar-refractivity contribution >= 4 is 33.3 Å². The molecule has 0 amide bonds. The molecule has 114 valence electrons. The second-order valence-electron chi connectivity index (χ2n) is 5.52. The number of aryl methyl sites for hydroxylation is 1. The number of anilines is 2. The Labute approximate surface area is 129 Å². The average Bonchev–Trinajstić information content (AvgIpc) is 3.10. The first-order valence-electron chi connectivity index (χ1n) is 7.75. The van der Waals surface area contributed by atoms with E-state index in [0.29, 0.717) is 12.0 Å². The van der Waals surface area contributed by atoms with Gasteiger partial charge < -0.3 is 11.1 Å². The number of likely N-dealkylation sites (tertiary alicyclic amines) is 1. The number of thiophene rings is 1. The largest absolute Gasteiger partial charge is 0.368 e. The standard InChI is InChI=1S/C15H23N5S/c1-3-11-8-12-13(18-15(16)19-14(12)21-11)17-9-10-6-5-7-20(10)4-2/h8,10H,3-7,9H2,1-2H3,(H3,16,17,18,19). The highest BCUT2D eigenvalue weighted by Gasteiger charge is 2.23. The number of hydrogen-bond donors (Lipinski definition) is 2. The van der Waals surface area contributed by atoms with Gasteiger partial charge in [-0.15, -0.1) is 11.3 Å². The molecule has 5 nitrogen and oxygen atoms in total. The van der Waals surface area contributed by atoms with Crippen molar-refractivity contribution in [2.75, 3.05) is 30.7 Å². The second-order valence-corrected chi connectivity index (χ2v) is 6.64. The normalized spacial score (nSPS) is 19.4. The predicted octanol–water partition coefficient (Wildman–Crippen LogP) is 2.73. The van der Waals surface area contributed by atoms with E-state index in [0.717, 1.165) is 35.5 Å². The number of nitrogens with two attached hydrogens (primary N) is 1. The topological polar surface area (TPSA) is 67.1 Å². The third-order valence-electron chi connectivity index (χ3n) is 4.22. The number of likely N-dealkylation sites (N-methyl/N-ethyl adjacent to an activating group) is 1. The van der Waals surface area contributed by atoms with Crippen LogP contribution in [0, 0.1) is 0 Å². The maximum atomic E-state index is 5.85. The van der Waals surface area contributed by atoms with Crippen LogP contribution in [0.5, 0.6) is 0 Å². The number of rotatable bonds is 5. The van der Waals surface area contributed by atoms with E-state index >= 15 is 0 Å². The van der Waals surface area contributed by atoms with E-state index in [2.05, 4.69) is 40.1 Å². The lowest BCUT2D eigenvalue weighted by atomic mass is 10.2. The lowest BCUT2D eigenvalue weighted by molar-refractivity contribution is 0.277. The first-order chi connectivity index (χ1) is 10.2. The van der Waals surface area contributed by atoms with Crippen LogP contribution < -0.4 is 11.1 Å². The van der Waals surface area contributed by atoms with E-state index in [1.807, 2.05) is 0 Å². The number of nitrogens with one attached hydrogen (secondary N) is 1. The van der Waals surface area contributed by atoms with Gasteiger partial charge in [-0.25, -0.2) is 4.98 Å². The minimum absolute atomic E-state index is 0.355. The molecule has 1 aliphatic heterocycles. The van der Waals surface area contributed by atoms with Gasteiger partial charge in [-0.2, -0.15) is 4.98 Å². The Hall–Kier alpha value is -1.40. The Bertz CT molecular complexity index is 624. The molecule has 21 heavy (non-hydrogen) atoms. The van der Waals surface area contributed by atoms with E-state index in [-0.39, 0.29) is 0 Å². The molecule has 2 aromatic heterocycles. The molecule has 2 aromatic rings. The SMILES string of the molecule is CCc1cc2c(NCC3CCCN3CC)nc(N)nc2s1. The molecular weight excluding hydrogens is 282 g/mol. The van der Waals surface area contributed by atoms with E-state index < -0.39 is 0 Å². The van der Waals surface area contributed by atoms with Gasteiger partial charge in [0.05, 0.1) is 5.39 Å². The summed E-state index contributed by atoms with van der Waals surface area (Å²) in [6.45, 7) is 7.64. The molecule has 3 heterocycles. The Morgan fingerprint density at radius 3 is 3.05 bits per heavy atom. The van der Waals surface area contributed by atoms with Gasteiger partial charge in [-0.3, -0.25) is 4.90 Å². The van der Waals surface area contributed by atoms with Crippen LogP contribution in [-0.4, -0.2) is 40.5 Å². The smallest absolute Gasteiger partial charge is 0.223 e. The fourth-order valence-electron chi connectivity index (χ4n) is 3.05. The molecule has 0 spiro atoms. The highest BCUT2D eigenvalue weighted by atomic mass is 32.1. The van der Waals surface area contributed by atoms with Gasteiger partial charge in [0, 0.05) is 17.5 Å². The second kappa shape index (κ2) is 6.15.